The van der Waals surface area contributed by atoms with Gasteiger partial charge in [-0.1, -0.05) is 17.7 Å². The van der Waals surface area contributed by atoms with Gasteiger partial charge in [-0.3, -0.25) is 0 Å². The average molecular weight is 345 g/mol. The summed E-state index contributed by atoms with van der Waals surface area (Å²) in [6.07, 6.45) is 0. The van der Waals surface area contributed by atoms with E-state index < -0.39 is 32.4 Å². The van der Waals surface area contributed by atoms with Crippen molar-refractivity contribution in [1.29, 1.82) is 0 Å². The average Bonchev–Trinajstić information content (AvgIpc) is 2.51. The van der Waals surface area contributed by atoms with Gasteiger partial charge in [0.1, 0.15) is 17.3 Å². The van der Waals surface area contributed by atoms with Gasteiger partial charge in [-0.25, -0.2) is 26.3 Å². The summed E-state index contributed by atoms with van der Waals surface area (Å²) in [7, 11) is -4.30. The number of ether oxygens (including phenoxy) is 1. The highest BCUT2D eigenvalue weighted by atomic mass is 32.2. The van der Waals surface area contributed by atoms with E-state index in [1.807, 2.05) is 19.1 Å². The first-order valence-corrected chi connectivity index (χ1v) is 8.12. The molecule has 1 N–H and O–H groups in total. The van der Waals surface area contributed by atoms with E-state index in [9.17, 15) is 21.6 Å². The number of halogens is 3. The van der Waals surface area contributed by atoms with Crippen molar-refractivity contribution >= 4 is 10.0 Å². The van der Waals surface area contributed by atoms with E-state index in [4.69, 9.17) is 4.74 Å². The Morgan fingerprint density at radius 1 is 1.00 bits per heavy atom. The zero-order valence-electron chi connectivity index (χ0n) is 12.1. The standard InChI is InChI=1S/C15H14F3NO3S/c1-10-2-4-11(5-3-10)22-9-8-19-23(20,21)13-7-6-12(16)14(17)15(13)18/h2-7,19H,8-9H2,1H3. The summed E-state index contributed by atoms with van der Waals surface area (Å²) in [5.41, 5.74) is 1.05. The molecule has 0 radical (unpaired) electrons. The quantitative estimate of drug-likeness (QED) is 0.647. The van der Waals surface area contributed by atoms with Gasteiger partial charge in [-0.2, -0.15) is 0 Å². The summed E-state index contributed by atoms with van der Waals surface area (Å²) < 4.78 is 70.5. The number of hydrogen-bond acceptors (Lipinski definition) is 3. The topological polar surface area (TPSA) is 55.4 Å². The van der Waals surface area contributed by atoms with Crippen molar-refractivity contribution in [2.45, 2.75) is 11.8 Å². The van der Waals surface area contributed by atoms with Crippen LogP contribution in [-0.4, -0.2) is 21.6 Å². The van der Waals surface area contributed by atoms with Crippen molar-refractivity contribution in [3.8, 4) is 5.75 Å². The summed E-state index contributed by atoms with van der Waals surface area (Å²) in [6, 6.07) is 8.32. The Balaban J connectivity index is 1.97. The van der Waals surface area contributed by atoms with Crippen LogP contribution in [0.25, 0.3) is 0 Å². The first-order chi connectivity index (χ1) is 10.8. The van der Waals surface area contributed by atoms with Gasteiger partial charge in [-0.15, -0.1) is 0 Å². The van der Waals surface area contributed by atoms with Gasteiger partial charge in [0.2, 0.25) is 10.0 Å². The summed E-state index contributed by atoms with van der Waals surface area (Å²) in [6.45, 7) is 1.75. The fourth-order valence-corrected chi connectivity index (χ4v) is 2.85. The van der Waals surface area contributed by atoms with Crippen LogP contribution in [0.15, 0.2) is 41.3 Å². The maximum atomic E-state index is 13.5. The molecule has 0 atom stereocenters. The first-order valence-electron chi connectivity index (χ1n) is 6.64. The SMILES string of the molecule is Cc1ccc(OCCNS(=O)(=O)c2ccc(F)c(F)c2F)cc1. The van der Waals surface area contributed by atoms with Crippen molar-refractivity contribution in [3.05, 3.63) is 59.4 Å². The van der Waals surface area contributed by atoms with Crippen LogP contribution in [0.1, 0.15) is 5.56 Å². The van der Waals surface area contributed by atoms with E-state index in [0.29, 0.717) is 17.9 Å². The molecular formula is C15H14F3NO3S. The van der Waals surface area contributed by atoms with Gasteiger partial charge in [0.05, 0.1) is 0 Å². The number of rotatable bonds is 6. The lowest BCUT2D eigenvalue weighted by atomic mass is 10.2. The fourth-order valence-electron chi connectivity index (χ4n) is 1.77. The molecule has 0 saturated carbocycles. The van der Waals surface area contributed by atoms with E-state index >= 15 is 0 Å². The summed E-state index contributed by atoms with van der Waals surface area (Å²) in [4.78, 5) is -0.952. The molecule has 2 rings (SSSR count). The Labute approximate surface area is 132 Å². The van der Waals surface area contributed by atoms with Crippen LogP contribution >= 0.6 is 0 Å². The monoisotopic (exact) mass is 345 g/mol. The minimum absolute atomic E-state index is 0.00636. The molecule has 4 nitrogen and oxygen atoms in total. The van der Waals surface area contributed by atoms with E-state index in [2.05, 4.69) is 4.72 Å². The Morgan fingerprint density at radius 3 is 2.30 bits per heavy atom. The van der Waals surface area contributed by atoms with Crippen molar-refractivity contribution in [3.63, 3.8) is 0 Å². The molecule has 2 aromatic carbocycles. The van der Waals surface area contributed by atoms with Gasteiger partial charge < -0.3 is 4.74 Å². The molecule has 0 unspecified atom stereocenters. The van der Waals surface area contributed by atoms with Gasteiger partial charge in [0.25, 0.3) is 0 Å². The molecule has 124 valence electrons. The Kier molecular flexibility index (Phi) is 5.27. The van der Waals surface area contributed by atoms with Crippen LogP contribution in [0.2, 0.25) is 0 Å². The summed E-state index contributed by atoms with van der Waals surface area (Å²) in [5, 5.41) is 0. The van der Waals surface area contributed by atoms with Gasteiger partial charge >= 0.3 is 0 Å². The summed E-state index contributed by atoms with van der Waals surface area (Å²) in [5.74, 6) is -4.49. The second kappa shape index (κ2) is 7.01. The Morgan fingerprint density at radius 2 is 1.65 bits per heavy atom. The normalized spacial score (nSPS) is 11.5. The number of sulfonamides is 1. The molecule has 0 spiro atoms. The number of hydrogen-bond donors (Lipinski definition) is 1. The highest BCUT2D eigenvalue weighted by molar-refractivity contribution is 7.89. The lowest BCUT2D eigenvalue weighted by Crippen LogP contribution is -2.29. The van der Waals surface area contributed by atoms with Crippen molar-refractivity contribution in [2.24, 2.45) is 0 Å². The van der Waals surface area contributed by atoms with E-state index in [0.717, 1.165) is 5.56 Å². The minimum Gasteiger partial charge on any atom is -0.492 e. The molecule has 0 aliphatic carbocycles. The van der Waals surface area contributed by atoms with E-state index in [1.54, 1.807) is 12.1 Å². The first kappa shape index (κ1) is 17.3. The molecular weight excluding hydrogens is 331 g/mol. The third-order valence-corrected chi connectivity index (χ3v) is 4.45. The lowest BCUT2D eigenvalue weighted by Gasteiger charge is -2.10. The smallest absolute Gasteiger partial charge is 0.243 e. The molecule has 0 aromatic heterocycles. The highest BCUT2D eigenvalue weighted by Gasteiger charge is 2.23. The van der Waals surface area contributed by atoms with Crippen LogP contribution < -0.4 is 9.46 Å². The van der Waals surface area contributed by atoms with Crippen LogP contribution in [0.4, 0.5) is 13.2 Å². The molecule has 0 bridgehead atoms. The van der Waals surface area contributed by atoms with E-state index in [-0.39, 0.29) is 13.2 Å². The second-order valence-electron chi connectivity index (χ2n) is 4.73. The molecule has 0 heterocycles. The fraction of sp³-hybridized carbons (Fsp3) is 0.200. The Bertz CT molecular complexity index is 792. The molecule has 0 amide bonds. The van der Waals surface area contributed by atoms with E-state index in [1.165, 1.54) is 0 Å². The van der Waals surface area contributed by atoms with Crippen LogP contribution in [-0.2, 0) is 10.0 Å². The third kappa shape index (κ3) is 4.23. The highest BCUT2D eigenvalue weighted by Crippen LogP contribution is 2.19. The predicted molar refractivity (Wildman–Crippen MR) is 78.2 cm³/mol. The molecule has 0 fully saturated rings. The molecule has 0 aliphatic heterocycles. The molecule has 2 aromatic rings. The predicted octanol–water partition coefficient (Wildman–Crippen LogP) is 2.77. The molecule has 0 aliphatic rings. The van der Waals surface area contributed by atoms with Crippen molar-refractivity contribution in [2.75, 3.05) is 13.2 Å². The van der Waals surface area contributed by atoms with Gasteiger partial charge in [0.15, 0.2) is 17.5 Å². The van der Waals surface area contributed by atoms with Crippen molar-refractivity contribution < 1.29 is 26.3 Å². The lowest BCUT2D eigenvalue weighted by molar-refractivity contribution is 0.322. The maximum absolute atomic E-state index is 13.5. The zero-order chi connectivity index (χ0) is 17.0. The number of benzene rings is 2. The van der Waals surface area contributed by atoms with Crippen molar-refractivity contribution in [1.82, 2.24) is 4.72 Å². The van der Waals surface area contributed by atoms with Gasteiger partial charge in [0, 0.05) is 6.54 Å². The molecule has 23 heavy (non-hydrogen) atoms. The van der Waals surface area contributed by atoms with Gasteiger partial charge in [-0.05, 0) is 31.2 Å². The third-order valence-electron chi connectivity index (χ3n) is 2.97. The van der Waals surface area contributed by atoms with Crippen LogP contribution in [0, 0.1) is 24.4 Å². The van der Waals surface area contributed by atoms with Crippen LogP contribution in [0.3, 0.4) is 0 Å². The minimum atomic E-state index is -4.30. The zero-order valence-corrected chi connectivity index (χ0v) is 13.0. The number of nitrogens with one attached hydrogen (secondary N) is 1. The second-order valence-corrected chi connectivity index (χ2v) is 6.47. The maximum Gasteiger partial charge on any atom is 0.243 e. The number of aryl methyl sites for hydroxylation is 1. The van der Waals surface area contributed by atoms with Crippen LogP contribution in [0.5, 0.6) is 5.75 Å². The molecule has 0 saturated heterocycles. The molecule has 8 heteroatoms. The largest absolute Gasteiger partial charge is 0.492 e. The Hall–Kier alpha value is -2.06. The summed E-state index contributed by atoms with van der Waals surface area (Å²) >= 11 is 0.